The lowest BCUT2D eigenvalue weighted by molar-refractivity contribution is -0.137. The molecule has 1 aliphatic rings. The first-order chi connectivity index (χ1) is 8.64. The monoisotopic (exact) mass is 292 g/mol. The van der Waals surface area contributed by atoms with Crippen molar-refractivity contribution in [2.45, 2.75) is 31.7 Å². The molecular weight excluding hydrogens is 272 g/mol. The van der Waals surface area contributed by atoms with Gasteiger partial charge in [-0.15, -0.1) is 0 Å². The molecule has 19 heavy (non-hydrogen) atoms. The first-order valence-corrected chi connectivity index (χ1v) is 7.91. The van der Waals surface area contributed by atoms with Crippen LogP contribution in [0.15, 0.2) is 0 Å². The van der Waals surface area contributed by atoms with Gasteiger partial charge in [0.1, 0.15) is 0 Å². The van der Waals surface area contributed by atoms with Crippen LogP contribution in [0.5, 0.6) is 0 Å². The van der Waals surface area contributed by atoms with E-state index in [1.165, 1.54) is 4.90 Å². The number of carbonyl (C=O) groups excluding carboxylic acids is 1. The number of hydrogen-bond acceptors (Lipinski definition) is 4. The smallest absolute Gasteiger partial charge is 0.317 e. The zero-order valence-electron chi connectivity index (χ0n) is 11.2. The summed E-state index contributed by atoms with van der Waals surface area (Å²) >= 11 is 0. The molecule has 1 atom stereocenters. The van der Waals surface area contributed by atoms with Crippen molar-refractivity contribution in [3.63, 3.8) is 0 Å². The van der Waals surface area contributed by atoms with Crippen LogP contribution >= 0.6 is 0 Å². The number of hydrogen-bond donors (Lipinski definition) is 2. The van der Waals surface area contributed by atoms with Gasteiger partial charge in [0.15, 0.2) is 9.84 Å². The number of rotatable bonds is 5. The van der Waals surface area contributed by atoms with Crippen molar-refractivity contribution in [3.8, 4) is 0 Å². The maximum Gasteiger partial charge on any atom is 0.317 e. The molecule has 0 radical (unpaired) electrons. The van der Waals surface area contributed by atoms with Crippen LogP contribution in [-0.4, -0.2) is 61.1 Å². The Hall–Kier alpha value is -1.31. The van der Waals surface area contributed by atoms with E-state index in [0.717, 1.165) is 0 Å². The van der Waals surface area contributed by atoms with Crippen molar-refractivity contribution in [2.24, 2.45) is 0 Å². The number of carboxylic acid groups (broad SMARTS) is 1. The van der Waals surface area contributed by atoms with Crippen LogP contribution in [-0.2, 0) is 14.6 Å². The van der Waals surface area contributed by atoms with Crippen molar-refractivity contribution in [3.05, 3.63) is 0 Å². The second kappa shape index (κ2) is 5.77. The summed E-state index contributed by atoms with van der Waals surface area (Å²) in [6, 6.07) is -0.370. The molecule has 0 aromatic heterocycles. The predicted molar refractivity (Wildman–Crippen MR) is 69.7 cm³/mol. The van der Waals surface area contributed by atoms with Gasteiger partial charge in [0.05, 0.1) is 17.0 Å². The number of carbonyl (C=O) groups is 2. The average Bonchev–Trinajstić information content (AvgIpc) is 2.51. The van der Waals surface area contributed by atoms with Gasteiger partial charge in [-0.1, -0.05) is 0 Å². The number of sulfone groups is 1. The summed E-state index contributed by atoms with van der Waals surface area (Å²) in [6.07, 6.45) is 0.779. The molecule has 1 fully saturated rings. The highest BCUT2D eigenvalue weighted by molar-refractivity contribution is 7.91. The minimum absolute atomic E-state index is 0.00324. The number of nitrogens with one attached hydrogen (secondary N) is 1. The van der Waals surface area contributed by atoms with Crippen molar-refractivity contribution in [2.75, 3.05) is 25.1 Å². The topological polar surface area (TPSA) is 104 Å². The van der Waals surface area contributed by atoms with E-state index < -0.39 is 21.3 Å². The molecule has 2 N–H and O–H groups in total. The zero-order valence-corrected chi connectivity index (χ0v) is 12.0. The molecule has 0 saturated carbocycles. The van der Waals surface area contributed by atoms with E-state index in [-0.39, 0.29) is 24.0 Å². The Morgan fingerprint density at radius 2 is 2.05 bits per heavy atom. The molecule has 0 aromatic carbocycles. The summed E-state index contributed by atoms with van der Waals surface area (Å²) in [4.78, 5) is 23.6. The van der Waals surface area contributed by atoms with Gasteiger partial charge >= 0.3 is 12.0 Å². The highest BCUT2D eigenvalue weighted by Crippen LogP contribution is 2.22. The fraction of sp³-hybridized carbons (Fsp3) is 0.818. The molecule has 8 heteroatoms. The number of aliphatic carboxylic acids is 1. The van der Waals surface area contributed by atoms with E-state index in [2.05, 4.69) is 5.32 Å². The molecule has 1 heterocycles. The third kappa shape index (κ3) is 5.06. The number of amides is 2. The predicted octanol–water partition coefficient (Wildman–Crippen LogP) is 0.0698. The summed E-state index contributed by atoms with van der Waals surface area (Å²) in [7, 11) is -1.50. The number of urea groups is 1. The van der Waals surface area contributed by atoms with E-state index in [9.17, 15) is 18.0 Å². The van der Waals surface area contributed by atoms with Crippen molar-refractivity contribution in [1.82, 2.24) is 10.2 Å². The molecule has 2 amide bonds. The van der Waals surface area contributed by atoms with Crippen LogP contribution in [0.3, 0.4) is 0 Å². The third-order valence-electron chi connectivity index (χ3n) is 3.14. The SMILES string of the molecule is CN(CCCC(=O)O)C(=O)NC1(C)CCS(=O)(=O)C1. The Bertz CT molecular complexity index is 462. The molecule has 1 saturated heterocycles. The second-order valence-corrected chi connectivity index (χ2v) is 7.44. The lowest BCUT2D eigenvalue weighted by Gasteiger charge is -2.27. The normalized spacial score (nSPS) is 24.9. The Kier molecular flexibility index (Phi) is 4.78. The molecule has 0 aliphatic carbocycles. The largest absolute Gasteiger partial charge is 0.481 e. The quantitative estimate of drug-likeness (QED) is 0.746. The van der Waals surface area contributed by atoms with Crippen LogP contribution in [0.25, 0.3) is 0 Å². The van der Waals surface area contributed by atoms with E-state index >= 15 is 0 Å². The van der Waals surface area contributed by atoms with E-state index in [4.69, 9.17) is 5.11 Å². The van der Waals surface area contributed by atoms with Gasteiger partial charge in [0, 0.05) is 20.0 Å². The second-order valence-electron chi connectivity index (χ2n) is 5.25. The lowest BCUT2D eigenvalue weighted by Crippen LogP contribution is -2.51. The van der Waals surface area contributed by atoms with Crippen LogP contribution < -0.4 is 5.32 Å². The zero-order chi connectivity index (χ0) is 14.7. The highest BCUT2D eigenvalue weighted by atomic mass is 32.2. The molecule has 1 aliphatic heterocycles. The molecular formula is C11H20N2O5S. The van der Waals surface area contributed by atoms with E-state index in [1.54, 1.807) is 14.0 Å². The fourth-order valence-corrected chi connectivity index (χ4v) is 4.12. The van der Waals surface area contributed by atoms with Gasteiger partial charge in [-0.2, -0.15) is 0 Å². The van der Waals surface area contributed by atoms with Crippen LogP contribution in [0.4, 0.5) is 4.79 Å². The summed E-state index contributed by atoms with van der Waals surface area (Å²) in [5.41, 5.74) is -0.725. The first kappa shape index (κ1) is 15.7. The van der Waals surface area contributed by atoms with Gasteiger partial charge < -0.3 is 15.3 Å². The van der Waals surface area contributed by atoms with Crippen molar-refractivity contribution in [1.29, 1.82) is 0 Å². The minimum atomic E-state index is -3.06. The summed E-state index contributed by atoms with van der Waals surface area (Å²) in [5, 5.41) is 11.2. The first-order valence-electron chi connectivity index (χ1n) is 6.09. The van der Waals surface area contributed by atoms with Gasteiger partial charge in [-0.05, 0) is 19.8 Å². The Balaban J connectivity index is 2.44. The summed E-state index contributed by atoms with van der Waals surface area (Å²) < 4.78 is 22.8. The standard InChI is InChI=1S/C11H20N2O5S/c1-11(5-7-19(17,18)8-11)12-10(16)13(2)6-3-4-9(14)15/h3-8H2,1-2H3,(H,12,16)(H,14,15). The summed E-state index contributed by atoms with van der Waals surface area (Å²) in [5.74, 6) is -0.857. The van der Waals surface area contributed by atoms with Crippen LogP contribution in [0.1, 0.15) is 26.2 Å². The minimum Gasteiger partial charge on any atom is -0.481 e. The van der Waals surface area contributed by atoms with Gasteiger partial charge in [-0.25, -0.2) is 13.2 Å². The number of carboxylic acids is 1. The third-order valence-corrected chi connectivity index (χ3v) is 5.05. The Morgan fingerprint density at radius 3 is 2.53 bits per heavy atom. The number of nitrogens with zero attached hydrogens (tertiary/aromatic N) is 1. The van der Waals surface area contributed by atoms with E-state index in [0.29, 0.717) is 19.4 Å². The van der Waals surface area contributed by atoms with Crippen molar-refractivity contribution >= 4 is 21.8 Å². The van der Waals surface area contributed by atoms with E-state index in [1.807, 2.05) is 0 Å². The molecule has 0 bridgehead atoms. The molecule has 7 nitrogen and oxygen atoms in total. The molecule has 110 valence electrons. The maximum atomic E-state index is 11.9. The van der Waals surface area contributed by atoms with Crippen molar-refractivity contribution < 1.29 is 23.1 Å². The summed E-state index contributed by atoms with van der Waals surface area (Å²) in [6.45, 7) is 2.03. The Morgan fingerprint density at radius 1 is 1.42 bits per heavy atom. The highest BCUT2D eigenvalue weighted by Gasteiger charge is 2.39. The van der Waals surface area contributed by atoms with Crippen LogP contribution in [0, 0.1) is 0 Å². The lowest BCUT2D eigenvalue weighted by atomic mass is 10.0. The van der Waals surface area contributed by atoms with Gasteiger partial charge in [0.25, 0.3) is 0 Å². The molecule has 1 rings (SSSR count). The fourth-order valence-electron chi connectivity index (χ4n) is 2.03. The maximum absolute atomic E-state index is 11.9. The molecule has 0 aromatic rings. The van der Waals surface area contributed by atoms with Crippen LogP contribution in [0.2, 0.25) is 0 Å². The van der Waals surface area contributed by atoms with Gasteiger partial charge in [-0.3, -0.25) is 4.79 Å². The Labute approximate surface area is 112 Å². The average molecular weight is 292 g/mol. The molecule has 1 unspecified atom stereocenters. The van der Waals surface area contributed by atoms with Gasteiger partial charge in [0.2, 0.25) is 0 Å². The molecule has 0 spiro atoms.